The Morgan fingerprint density at radius 3 is 2.64 bits per heavy atom. The minimum Gasteiger partial charge on any atom is -0.336 e. The molecule has 1 amide bonds. The highest BCUT2D eigenvalue weighted by molar-refractivity contribution is 5.84. The predicted octanol–water partition coefficient (Wildman–Crippen LogP) is -1.48. The van der Waals surface area contributed by atoms with Crippen molar-refractivity contribution in [3.8, 4) is 0 Å². The molecule has 4 nitrogen and oxygen atoms in total. The van der Waals surface area contributed by atoms with Gasteiger partial charge in [-0.15, -0.1) is 0 Å². The fourth-order valence-electron chi connectivity index (χ4n) is 1.58. The standard InChI is InChI=1S/C7H13N3O/c8-6-1-2-10(7(6)11)5-3-9-4-5/h5-6,9H,1-4,8H2. The third kappa shape index (κ3) is 1.02. The largest absolute Gasteiger partial charge is 0.336 e. The maximum absolute atomic E-state index is 11.3. The van der Waals surface area contributed by atoms with E-state index in [0.717, 1.165) is 26.1 Å². The van der Waals surface area contributed by atoms with Crippen molar-refractivity contribution in [2.75, 3.05) is 19.6 Å². The molecule has 2 saturated heterocycles. The van der Waals surface area contributed by atoms with Crippen molar-refractivity contribution in [2.45, 2.75) is 18.5 Å². The first-order valence-corrected chi connectivity index (χ1v) is 4.06. The average molecular weight is 155 g/mol. The molecule has 3 N–H and O–H groups in total. The van der Waals surface area contributed by atoms with E-state index in [-0.39, 0.29) is 11.9 Å². The Kier molecular flexibility index (Phi) is 1.58. The van der Waals surface area contributed by atoms with Crippen LogP contribution in [0.15, 0.2) is 0 Å². The second-order valence-electron chi connectivity index (χ2n) is 3.24. The smallest absolute Gasteiger partial charge is 0.239 e. The first-order valence-electron chi connectivity index (χ1n) is 4.06. The summed E-state index contributed by atoms with van der Waals surface area (Å²) in [5.41, 5.74) is 5.57. The van der Waals surface area contributed by atoms with Crippen LogP contribution in [0.25, 0.3) is 0 Å². The number of nitrogens with two attached hydrogens (primary N) is 1. The number of hydrogen-bond donors (Lipinski definition) is 2. The van der Waals surface area contributed by atoms with E-state index in [2.05, 4.69) is 5.32 Å². The van der Waals surface area contributed by atoms with Crippen LogP contribution in [0.5, 0.6) is 0 Å². The van der Waals surface area contributed by atoms with Gasteiger partial charge in [0.25, 0.3) is 0 Å². The minimum atomic E-state index is -0.226. The molecule has 2 rings (SSSR count). The molecular weight excluding hydrogens is 142 g/mol. The quantitative estimate of drug-likeness (QED) is 0.485. The van der Waals surface area contributed by atoms with Crippen molar-refractivity contribution < 1.29 is 4.79 Å². The second kappa shape index (κ2) is 2.46. The van der Waals surface area contributed by atoms with E-state index < -0.39 is 0 Å². The fourth-order valence-corrected chi connectivity index (χ4v) is 1.58. The summed E-state index contributed by atoms with van der Waals surface area (Å²) in [5.74, 6) is 0.136. The summed E-state index contributed by atoms with van der Waals surface area (Å²) in [6, 6.07) is 0.201. The third-order valence-electron chi connectivity index (χ3n) is 2.48. The number of likely N-dealkylation sites (tertiary alicyclic amines) is 1. The van der Waals surface area contributed by atoms with Gasteiger partial charge in [-0.1, -0.05) is 0 Å². The van der Waals surface area contributed by atoms with Crippen LogP contribution in [0.1, 0.15) is 6.42 Å². The van der Waals surface area contributed by atoms with Crippen LogP contribution in [0.4, 0.5) is 0 Å². The van der Waals surface area contributed by atoms with Crippen LogP contribution in [-0.2, 0) is 4.79 Å². The van der Waals surface area contributed by atoms with Crippen molar-refractivity contribution in [2.24, 2.45) is 5.73 Å². The molecule has 0 aromatic heterocycles. The summed E-state index contributed by atoms with van der Waals surface area (Å²) in [7, 11) is 0. The lowest BCUT2D eigenvalue weighted by molar-refractivity contribution is -0.131. The normalized spacial score (nSPS) is 32.6. The van der Waals surface area contributed by atoms with Gasteiger partial charge in [-0.3, -0.25) is 4.79 Å². The summed E-state index contributed by atoms with van der Waals surface area (Å²) in [6.07, 6.45) is 0.829. The summed E-state index contributed by atoms with van der Waals surface area (Å²) in [6.45, 7) is 2.74. The lowest BCUT2D eigenvalue weighted by atomic mass is 10.1. The molecule has 0 saturated carbocycles. The number of rotatable bonds is 1. The van der Waals surface area contributed by atoms with Crippen LogP contribution >= 0.6 is 0 Å². The molecule has 2 fully saturated rings. The van der Waals surface area contributed by atoms with E-state index >= 15 is 0 Å². The molecule has 1 atom stereocenters. The topological polar surface area (TPSA) is 58.4 Å². The SMILES string of the molecule is NC1CCN(C2CNC2)C1=O. The number of nitrogens with one attached hydrogen (secondary N) is 1. The monoisotopic (exact) mass is 155 g/mol. The number of hydrogen-bond acceptors (Lipinski definition) is 3. The van der Waals surface area contributed by atoms with Crippen LogP contribution in [0, 0.1) is 0 Å². The zero-order valence-corrected chi connectivity index (χ0v) is 6.42. The fraction of sp³-hybridized carbons (Fsp3) is 0.857. The number of carbonyl (C=O) groups is 1. The van der Waals surface area contributed by atoms with Gasteiger partial charge in [-0.25, -0.2) is 0 Å². The van der Waals surface area contributed by atoms with E-state index in [1.165, 1.54) is 0 Å². The maximum atomic E-state index is 11.3. The molecule has 4 heteroatoms. The summed E-state index contributed by atoms with van der Waals surface area (Å²) >= 11 is 0. The Bertz CT molecular complexity index is 179. The lowest BCUT2D eigenvalue weighted by Crippen LogP contribution is -2.58. The first-order chi connectivity index (χ1) is 5.29. The van der Waals surface area contributed by atoms with Gasteiger partial charge < -0.3 is 16.0 Å². The Hall–Kier alpha value is -0.610. The molecular formula is C7H13N3O. The minimum absolute atomic E-state index is 0.136. The Labute approximate surface area is 65.7 Å². The zero-order chi connectivity index (χ0) is 7.84. The van der Waals surface area contributed by atoms with Crippen LogP contribution < -0.4 is 11.1 Å². The molecule has 1 unspecified atom stereocenters. The van der Waals surface area contributed by atoms with Gasteiger partial charge in [0.1, 0.15) is 0 Å². The highest BCUT2D eigenvalue weighted by atomic mass is 16.2. The highest BCUT2D eigenvalue weighted by Crippen LogP contribution is 2.14. The van der Waals surface area contributed by atoms with Crippen molar-refractivity contribution in [3.05, 3.63) is 0 Å². The molecule has 0 spiro atoms. The number of nitrogens with zero attached hydrogens (tertiary/aromatic N) is 1. The van der Waals surface area contributed by atoms with Gasteiger partial charge >= 0.3 is 0 Å². The van der Waals surface area contributed by atoms with E-state index in [1.54, 1.807) is 0 Å². The van der Waals surface area contributed by atoms with Crippen molar-refractivity contribution in [1.82, 2.24) is 10.2 Å². The Morgan fingerprint density at radius 2 is 2.27 bits per heavy atom. The van der Waals surface area contributed by atoms with Crippen molar-refractivity contribution >= 4 is 5.91 Å². The molecule has 2 aliphatic heterocycles. The lowest BCUT2D eigenvalue weighted by Gasteiger charge is -2.35. The molecule has 0 aliphatic carbocycles. The van der Waals surface area contributed by atoms with E-state index in [1.807, 2.05) is 4.90 Å². The van der Waals surface area contributed by atoms with Crippen LogP contribution in [0.2, 0.25) is 0 Å². The summed E-state index contributed by atoms with van der Waals surface area (Å²) in [4.78, 5) is 13.2. The molecule has 2 heterocycles. The van der Waals surface area contributed by atoms with Gasteiger partial charge in [0.15, 0.2) is 0 Å². The van der Waals surface area contributed by atoms with Crippen LogP contribution in [0.3, 0.4) is 0 Å². The van der Waals surface area contributed by atoms with Gasteiger partial charge in [-0.05, 0) is 6.42 Å². The van der Waals surface area contributed by atoms with Gasteiger partial charge in [-0.2, -0.15) is 0 Å². The molecule has 0 aromatic rings. The second-order valence-corrected chi connectivity index (χ2v) is 3.24. The van der Waals surface area contributed by atoms with Crippen LogP contribution in [-0.4, -0.2) is 42.5 Å². The molecule has 62 valence electrons. The molecule has 0 bridgehead atoms. The van der Waals surface area contributed by atoms with E-state index in [0.29, 0.717) is 6.04 Å². The third-order valence-corrected chi connectivity index (χ3v) is 2.48. The number of amides is 1. The maximum Gasteiger partial charge on any atom is 0.239 e. The van der Waals surface area contributed by atoms with E-state index in [9.17, 15) is 4.79 Å². The Morgan fingerprint density at radius 1 is 1.55 bits per heavy atom. The predicted molar refractivity (Wildman–Crippen MR) is 41.0 cm³/mol. The molecule has 0 radical (unpaired) electrons. The van der Waals surface area contributed by atoms with E-state index in [4.69, 9.17) is 5.73 Å². The Balaban J connectivity index is 1.98. The van der Waals surface area contributed by atoms with Gasteiger partial charge in [0, 0.05) is 19.6 Å². The zero-order valence-electron chi connectivity index (χ0n) is 6.42. The summed E-state index contributed by atoms with van der Waals surface area (Å²) < 4.78 is 0. The van der Waals surface area contributed by atoms with Crippen molar-refractivity contribution in [3.63, 3.8) is 0 Å². The van der Waals surface area contributed by atoms with Crippen molar-refractivity contribution in [1.29, 1.82) is 0 Å². The molecule has 0 aromatic carbocycles. The highest BCUT2D eigenvalue weighted by Gasteiger charge is 2.35. The number of carbonyl (C=O) groups excluding carboxylic acids is 1. The molecule has 11 heavy (non-hydrogen) atoms. The first kappa shape index (κ1) is 7.06. The summed E-state index contributed by atoms with van der Waals surface area (Å²) in [5, 5.41) is 3.14. The molecule has 2 aliphatic rings. The van der Waals surface area contributed by atoms with Gasteiger partial charge in [0.2, 0.25) is 5.91 Å². The average Bonchev–Trinajstić information content (AvgIpc) is 2.15. The van der Waals surface area contributed by atoms with Gasteiger partial charge in [0.05, 0.1) is 12.1 Å².